The molecule has 25 heavy (non-hydrogen) atoms. The summed E-state index contributed by atoms with van der Waals surface area (Å²) in [5, 5.41) is 0. The normalized spacial score (nSPS) is 23.5. The number of aryl methyl sites for hydroxylation is 1. The average Bonchev–Trinajstić information content (AvgIpc) is 3.15. The number of hydrogen-bond donors (Lipinski definition) is 0. The van der Waals surface area contributed by atoms with Crippen molar-refractivity contribution in [3.63, 3.8) is 0 Å². The Bertz CT molecular complexity index is 622. The van der Waals surface area contributed by atoms with Crippen LogP contribution in [0.25, 0.3) is 0 Å². The summed E-state index contributed by atoms with van der Waals surface area (Å²) in [4.78, 5) is 40.2. The fourth-order valence-electron chi connectivity index (χ4n) is 3.52. The van der Waals surface area contributed by atoms with Crippen molar-refractivity contribution in [1.29, 1.82) is 0 Å². The van der Waals surface area contributed by atoms with E-state index in [0.29, 0.717) is 37.4 Å². The SMILES string of the molecule is O=C[C@@H]1CSCN1C(=O)C1CCCCN1C(=O)CCc1ccccc1. The summed E-state index contributed by atoms with van der Waals surface area (Å²) >= 11 is 1.59. The Kier molecular flexibility index (Phi) is 6.13. The van der Waals surface area contributed by atoms with Crippen LogP contribution in [-0.4, -0.2) is 58.2 Å². The predicted molar refractivity (Wildman–Crippen MR) is 98.1 cm³/mol. The number of nitrogens with zero attached hydrogens (tertiary/aromatic N) is 2. The largest absolute Gasteiger partial charge is 0.331 e. The van der Waals surface area contributed by atoms with E-state index in [9.17, 15) is 14.4 Å². The molecule has 0 radical (unpaired) electrons. The number of aldehydes is 1. The third-order valence-corrected chi connectivity index (χ3v) is 5.98. The number of hydrogen-bond acceptors (Lipinski definition) is 4. The molecular formula is C19H24N2O3S. The van der Waals surface area contributed by atoms with E-state index in [1.807, 2.05) is 30.3 Å². The van der Waals surface area contributed by atoms with Gasteiger partial charge in [0.1, 0.15) is 12.3 Å². The zero-order chi connectivity index (χ0) is 17.6. The van der Waals surface area contributed by atoms with E-state index in [1.54, 1.807) is 21.6 Å². The Hall–Kier alpha value is -1.82. The van der Waals surface area contributed by atoms with Crippen LogP contribution in [-0.2, 0) is 20.8 Å². The van der Waals surface area contributed by atoms with Gasteiger partial charge < -0.3 is 14.6 Å². The number of carbonyl (C=O) groups excluding carboxylic acids is 3. The molecule has 3 rings (SSSR count). The van der Waals surface area contributed by atoms with Crippen LogP contribution in [0, 0.1) is 0 Å². The van der Waals surface area contributed by atoms with Gasteiger partial charge >= 0.3 is 0 Å². The molecule has 2 heterocycles. The topological polar surface area (TPSA) is 57.7 Å². The van der Waals surface area contributed by atoms with Gasteiger partial charge in [-0.1, -0.05) is 30.3 Å². The van der Waals surface area contributed by atoms with Gasteiger partial charge in [-0.15, -0.1) is 11.8 Å². The van der Waals surface area contributed by atoms with Crippen LogP contribution in [0.1, 0.15) is 31.2 Å². The molecule has 2 amide bonds. The maximum atomic E-state index is 12.9. The molecule has 0 saturated carbocycles. The molecule has 0 N–H and O–H groups in total. The lowest BCUT2D eigenvalue weighted by molar-refractivity contribution is -0.148. The highest BCUT2D eigenvalue weighted by Crippen LogP contribution is 2.26. The van der Waals surface area contributed by atoms with Crippen LogP contribution in [0.5, 0.6) is 0 Å². The van der Waals surface area contributed by atoms with Crippen LogP contribution < -0.4 is 0 Å². The van der Waals surface area contributed by atoms with E-state index < -0.39 is 6.04 Å². The molecule has 2 atom stereocenters. The van der Waals surface area contributed by atoms with E-state index in [-0.39, 0.29) is 17.9 Å². The van der Waals surface area contributed by atoms with Gasteiger partial charge in [0.05, 0.1) is 11.9 Å². The first-order chi connectivity index (χ1) is 12.2. The third-order valence-electron chi connectivity index (χ3n) is 4.94. The van der Waals surface area contributed by atoms with Crippen molar-refractivity contribution in [2.45, 2.75) is 44.2 Å². The minimum atomic E-state index is -0.404. The highest BCUT2D eigenvalue weighted by atomic mass is 32.2. The molecular weight excluding hydrogens is 336 g/mol. The van der Waals surface area contributed by atoms with E-state index in [2.05, 4.69) is 0 Å². The van der Waals surface area contributed by atoms with Gasteiger partial charge in [-0.25, -0.2) is 0 Å². The Balaban J connectivity index is 1.64. The van der Waals surface area contributed by atoms with Gasteiger partial charge in [-0.05, 0) is 31.2 Å². The van der Waals surface area contributed by atoms with Crippen LogP contribution in [0.15, 0.2) is 30.3 Å². The fraction of sp³-hybridized carbons (Fsp3) is 0.526. The van der Waals surface area contributed by atoms with Crippen molar-refractivity contribution in [2.75, 3.05) is 18.2 Å². The summed E-state index contributed by atoms with van der Waals surface area (Å²) in [5.41, 5.74) is 1.13. The Labute approximate surface area is 152 Å². The summed E-state index contributed by atoms with van der Waals surface area (Å²) in [6.45, 7) is 0.636. The number of carbonyl (C=O) groups is 3. The zero-order valence-electron chi connectivity index (χ0n) is 14.3. The highest BCUT2D eigenvalue weighted by molar-refractivity contribution is 7.99. The molecule has 0 aliphatic carbocycles. The number of benzene rings is 1. The predicted octanol–water partition coefficient (Wildman–Crippen LogP) is 2.10. The van der Waals surface area contributed by atoms with Crippen LogP contribution in [0.3, 0.4) is 0 Å². The van der Waals surface area contributed by atoms with Gasteiger partial charge in [0.15, 0.2) is 0 Å². The van der Waals surface area contributed by atoms with E-state index in [0.717, 1.165) is 24.7 Å². The second-order valence-corrected chi connectivity index (χ2v) is 7.60. The van der Waals surface area contributed by atoms with E-state index >= 15 is 0 Å². The number of amides is 2. The van der Waals surface area contributed by atoms with E-state index in [1.165, 1.54) is 0 Å². The molecule has 2 saturated heterocycles. The molecule has 134 valence electrons. The summed E-state index contributed by atoms with van der Waals surface area (Å²) < 4.78 is 0. The first-order valence-electron chi connectivity index (χ1n) is 8.87. The summed E-state index contributed by atoms with van der Waals surface area (Å²) in [5.74, 6) is 1.18. The fourth-order valence-corrected chi connectivity index (χ4v) is 4.64. The smallest absolute Gasteiger partial charge is 0.246 e. The zero-order valence-corrected chi connectivity index (χ0v) is 15.1. The Morgan fingerprint density at radius 2 is 1.96 bits per heavy atom. The minimum absolute atomic E-state index is 0.0383. The van der Waals surface area contributed by atoms with Crippen LogP contribution in [0.2, 0.25) is 0 Å². The number of thioether (sulfide) groups is 1. The van der Waals surface area contributed by atoms with E-state index in [4.69, 9.17) is 0 Å². The van der Waals surface area contributed by atoms with Crippen molar-refractivity contribution >= 4 is 29.9 Å². The lowest BCUT2D eigenvalue weighted by atomic mass is 9.99. The number of likely N-dealkylation sites (tertiary alicyclic amines) is 1. The van der Waals surface area contributed by atoms with Gasteiger partial charge in [0, 0.05) is 18.7 Å². The van der Waals surface area contributed by atoms with Gasteiger partial charge in [0.2, 0.25) is 11.8 Å². The second-order valence-electron chi connectivity index (χ2n) is 6.60. The molecule has 6 heteroatoms. The number of rotatable bonds is 5. The van der Waals surface area contributed by atoms with Crippen LogP contribution in [0.4, 0.5) is 0 Å². The maximum Gasteiger partial charge on any atom is 0.246 e. The lowest BCUT2D eigenvalue weighted by Crippen LogP contribution is -2.54. The van der Waals surface area contributed by atoms with Gasteiger partial charge in [0.25, 0.3) is 0 Å². The molecule has 1 unspecified atom stereocenters. The average molecular weight is 360 g/mol. The highest BCUT2D eigenvalue weighted by Gasteiger charge is 2.38. The lowest BCUT2D eigenvalue weighted by Gasteiger charge is -2.37. The van der Waals surface area contributed by atoms with Gasteiger partial charge in [-0.3, -0.25) is 9.59 Å². The molecule has 2 fully saturated rings. The molecule has 1 aromatic rings. The Morgan fingerprint density at radius 3 is 2.72 bits per heavy atom. The van der Waals surface area contributed by atoms with Gasteiger partial charge in [-0.2, -0.15) is 0 Å². The summed E-state index contributed by atoms with van der Waals surface area (Å²) in [6.07, 6.45) is 4.54. The monoisotopic (exact) mass is 360 g/mol. The second kappa shape index (κ2) is 8.52. The standard InChI is InChI=1S/C19H24N2O3S/c22-12-16-13-25-14-21(16)19(24)17-8-4-5-11-20(17)18(23)10-9-15-6-2-1-3-7-15/h1-3,6-7,12,16-17H,4-5,8-11,13-14H2/t16-,17?/m1/s1. The van der Waals surface area contributed by atoms with Crippen LogP contribution >= 0.6 is 11.8 Å². The molecule has 0 bridgehead atoms. The number of piperidine rings is 1. The third kappa shape index (κ3) is 4.24. The first-order valence-corrected chi connectivity index (χ1v) is 10.0. The molecule has 0 aromatic heterocycles. The maximum absolute atomic E-state index is 12.9. The molecule has 2 aliphatic rings. The quantitative estimate of drug-likeness (QED) is 0.755. The minimum Gasteiger partial charge on any atom is -0.331 e. The van der Waals surface area contributed by atoms with Crippen molar-refractivity contribution < 1.29 is 14.4 Å². The van der Waals surface area contributed by atoms with Crippen molar-refractivity contribution in [2.24, 2.45) is 0 Å². The molecule has 5 nitrogen and oxygen atoms in total. The van der Waals surface area contributed by atoms with Crippen molar-refractivity contribution in [3.05, 3.63) is 35.9 Å². The first kappa shape index (κ1) is 18.0. The summed E-state index contributed by atoms with van der Waals surface area (Å²) in [6, 6.07) is 9.18. The van der Waals surface area contributed by atoms with Crippen molar-refractivity contribution in [1.82, 2.24) is 9.80 Å². The molecule has 2 aliphatic heterocycles. The Morgan fingerprint density at radius 1 is 1.16 bits per heavy atom. The van der Waals surface area contributed by atoms with Crippen molar-refractivity contribution in [3.8, 4) is 0 Å². The molecule has 0 spiro atoms. The summed E-state index contributed by atoms with van der Waals surface area (Å²) in [7, 11) is 0. The molecule has 1 aromatic carbocycles.